The molecular formula is C21H18FN3O3S. The van der Waals surface area contributed by atoms with Crippen LogP contribution in [0, 0.1) is 5.82 Å². The minimum Gasteiger partial charge on any atom is -0.497 e. The topological polar surface area (TPSA) is 64.9 Å². The molecule has 1 N–H and O–H groups in total. The Morgan fingerprint density at radius 1 is 1.17 bits per heavy atom. The highest BCUT2D eigenvalue weighted by Gasteiger charge is 2.14. The van der Waals surface area contributed by atoms with Gasteiger partial charge in [-0.3, -0.25) is 9.20 Å². The van der Waals surface area contributed by atoms with Crippen molar-refractivity contribution < 1.29 is 18.7 Å². The Morgan fingerprint density at radius 2 is 1.97 bits per heavy atom. The number of hydrogen-bond donors (Lipinski definition) is 1. The molecule has 2 aromatic carbocycles. The normalized spacial score (nSPS) is 10.9. The van der Waals surface area contributed by atoms with E-state index in [1.54, 1.807) is 44.6 Å². The van der Waals surface area contributed by atoms with Crippen LogP contribution >= 0.6 is 11.3 Å². The van der Waals surface area contributed by atoms with Gasteiger partial charge in [0, 0.05) is 28.9 Å². The third-order valence-corrected chi connectivity index (χ3v) is 5.33. The van der Waals surface area contributed by atoms with E-state index in [9.17, 15) is 9.18 Å². The first-order chi connectivity index (χ1) is 14.1. The third-order valence-electron chi connectivity index (χ3n) is 4.45. The predicted octanol–water partition coefficient (Wildman–Crippen LogP) is 4.40. The van der Waals surface area contributed by atoms with Crippen molar-refractivity contribution in [3.05, 3.63) is 65.6 Å². The molecule has 6 nitrogen and oxygen atoms in total. The number of benzene rings is 2. The number of aromatic nitrogens is 2. The fourth-order valence-corrected chi connectivity index (χ4v) is 3.86. The Labute approximate surface area is 170 Å². The molecule has 0 saturated heterocycles. The van der Waals surface area contributed by atoms with Gasteiger partial charge in [0.1, 0.15) is 17.3 Å². The number of halogens is 1. The second-order valence-electron chi connectivity index (χ2n) is 6.30. The number of nitrogens with zero attached hydrogens (tertiary/aromatic N) is 2. The summed E-state index contributed by atoms with van der Waals surface area (Å²) in [5, 5.41) is 4.77. The Balaban J connectivity index is 1.55. The van der Waals surface area contributed by atoms with E-state index >= 15 is 0 Å². The number of methoxy groups -OCH3 is 2. The van der Waals surface area contributed by atoms with Gasteiger partial charge in [0.2, 0.25) is 5.91 Å². The van der Waals surface area contributed by atoms with Gasteiger partial charge in [-0.25, -0.2) is 9.37 Å². The number of carbonyl (C=O) groups excluding carboxylic acids is 1. The number of thiazole rings is 1. The molecule has 0 fully saturated rings. The third kappa shape index (κ3) is 3.93. The number of amides is 1. The van der Waals surface area contributed by atoms with E-state index in [1.807, 2.05) is 16.0 Å². The average molecular weight is 411 g/mol. The average Bonchev–Trinajstić information content (AvgIpc) is 3.30. The van der Waals surface area contributed by atoms with Crippen LogP contribution < -0.4 is 14.8 Å². The minimum atomic E-state index is -0.292. The van der Waals surface area contributed by atoms with Gasteiger partial charge in [-0.2, -0.15) is 0 Å². The van der Waals surface area contributed by atoms with E-state index in [-0.39, 0.29) is 18.1 Å². The van der Waals surface area contributed by atoms with Gasteiger partial charge in [-0.15, -0.1) is 11.3 Å². The van der Waals surface area contributed by atoms with E-state index in [2.05, 4.69) is 10.3 Å². The number of carbonyl (C=O) groups is 1. The summed E-state index contributed by atoms with van der Waals surface area (Å²) in [6, 6.07) is 11.4. The van der Waals surface area contributed by atoms with Crippen molar-refractivity contribution in [2.45, 2.75) is 6.42 Å². The zero-order chi connectivity index (χ0) is 20.4. The van der Waals surface area contributed by atoms with Crippen LogP contribution in [0.5, 0.6) is 11.5 Å². The SMILES string of the molecule is COc1ccc(OC)c(NC(=O)Cc2csc3nc(-c4ccc(F)cc4)cn23)c1. The van der Waals surface area contributed by atoms with E-state index in [0.29, 0.717) is 17.2 Å². The lowest BCUT2D eigenvalue weighted by atomic mass is 10.2. The summed E-state index contributed by atoms with van der Waals surface area (Å²) >= 11 is 1.45. The fraction of sp³-hybridized carbons (Fsp3) is 0.143. The van der Waals surface area contributed by atoms with Crippen LogP contribution in [0.2, 0.25) is 0 Å². The van der Waals surface area contributed by atoms with Gasteiger partial charge in [0.15, 0.2) is 4.96 Å². The molecule has 1 amide bonds. The second kappa shape index (κ2) is 7.92. The monoisotopic (exact) mass is 411 g/mol. The van der Waals surface area contributed by atoms with Crippen LogP contribution in [0.3, 0.4) is 0 Å². The molecule has 0 aliphatic rings. The Kier molecular flexibility index (Phi) is 5.18. The summed E-state index contributed by atoms with van der Waals surface area (Å²) in [6.45, 7) is 0. The fourth-order valence-electron chi connectivity index (χ4n) is 2.99. The predicted molar refractivity (Wildman–Crippen MR) is 110 cm³/mol. The maximum Gasteiger partial charge on any atom is 0.230 e. The highest BCUT2D eigenvalue weighted by molar-refractivity contribution is 7.15. The molecule has 8 heteroatoms. The summed E-state index contributed by atoms with van der Waals surface area (Å²) in [5.41, 5.74) is 2.90. The first-order valence-corrected chi connectivity index (χ1v) is 9.68. The lowest BCUT2D eigenvalue weighted by molar-refractivity contribution is -0.115. The van der Waals surface area contributed by atoms with Crippen LogP contribution in [0.4, 0.5) is 10.1 Å². The first kappa shape index (κ1) is 18.9. The Morgan fingerprint density at radius 3 is 2.69 bits per heavy atom. The number of imidazole rings is 1. The van der Waals surface area contributed by atoms with Crippen LogP contribution in [-0.2, 0) is 11.2 Å². The first-order valence-electron chi connectivity index (χ1n) is 8.80. The standard InChI is InChI=1S/C21H18FN3O3S/c1-27-16-7-8-19(28-2)17(10-16)23-20(26)9-15-12-29-21-24-18(11-25(15)21)13-3-5-14(22)6-4-13/h3-8,10-12H,9H2,1-2H3,(H,23,26). The summed E-state index contributed by atoms with van der Waals surface area (Å²) in [5.74, 6) is 0.696. The van der Waals surface area contributed by atoms with Crippen molar-refractivity contribution in [2.75, 3.05) is 19.5 Å². The maximum atomic E-state index is 13.2. The number of hydrogen-bond acceptors (Lipinski definition) is 5. The van der Waals surface area contributed by atoms with Gasteiger partial charge in [-0.05, 0) is 36.4 Å². The molecule has 4 aromatic rings. The highest BCUT2D eigenvalue weighted by atomic mass is 32.1. The number of rotatable bonds is 6. The number of fused-ring (bicyclic) bond motifs is 1. The van der Waals surface area contributed by atoms with Gasteiger partial charge in [0.05, 0.1) is 32.0 Å². The molecule has 0 bridgehead atoms. The molecule has 2 heterocycles. The molecule has 2 aromatic heterocycles. The summed E-state index contributed by atoms with van der Waals surface area (Å²) in [6.07, 6.45) is 2.02. The smallest absolute Gasteiger partial charge is 0.230 e. The summed E-state index contributed by atoms with van der Waals surface area (Å²) in [7, 11) is 3.11. The summed E-state index contributed by atoms with van der Waals surface area (Å²) in [4.78, 5) is 18.0. The van der Waals surface area contributed by atoms with Crippen LogP contribution in [0.25, 0.3) is 16.2 Å². The molecule has 148 valence electrons. The number of nitrogens with one attached hydrogen (secondary N) is 1. The van der Waals surface area contributed by atoms with Crippen molar-refractivity contribution >= 4 is 27.9 Å². The van der Waals surface area contributed by atoms with Crippen molar-refractivity contribution in [3.8, 4) is 22.8 Å². The lowest BCUT2D eigenvalue weighted by Gasteiger charge is -2.11. The molecule has 0 saturated carbocycles. The molecule has 0 unspecified atom stereocenters. The maximum absolute atomic E-state index is 13.2. The van der Waals surface area contributed by atoms with Gasteiger partial charge in [0.25, 0.3) is 0 Å². The molecular weight excluding hydrogens is 393 g/mol. The van der Waals surface area contributed by atoms with Crippen molar-refractivity contribution in [2.24, 2.45) is 0 Å². The van der Waals surface area contributed by atoms with E-state index in [1.165, 1.54) is 23.5 Å². The van der Waals surface area contributed by atoms with Gasteiger partial charge in [-0.1, -0.05) is 0 Å². The van der Waals surface area contributed by atoms with Gasteiger partial charge >= 0.3 is 0 Å². The lowest BCUT2D eigenvalue weighted by Crippen LogP contribution is -2.16. The Bertz CT molecular complexity index is 1170. The van der Waals surface area contributed by atoms with E-state index in [4.69, 9.17) is 9.47 Å². The van der Waals surface area contributed by atoms with Crippen LogP contribution in [0.1, 0.15) is 5.69 Å². The molecule has 0 aliphatic carbocycles. The van der Waals surface area contributed by atoms with Crippen LogP contribution in [0.15, 0.2) is 54.0 Å². The van der Waals surface area contributed by atoms with E-state index in [0.717, 1.165) is 21.9 Å². The molecule has 0 aliphatic heterocycles. The zero-order valence-electron chi connectivity index (χ0n) is 15.8. The highest BCUT2D eigenvalue weighted by Crippen LogP contribution is 2.29. The Hall–Kier alpha value is -3.39. The molecule has 29 heavy (non-hydrogen) atoms. The van der Waals surface area contributed by atoms with Crippen molar-refractivity contribution in [3.63, 3.8) is 0 Å². The molecule has 0 atom stereocenters. The second-order valence-corrected chi connectivity index (χ2v) is 7.14. The quantitative estimate of drug-likeness (QED) is 0.511. The minimum absolute atomic E-state index is 0.166. The van der Waals surface area contributed by atoms with Gasteiger partial charge < -0.3 is 14.8 Å². The molecule has 4 rings (SSSR count). The molecule has 0 spiro atoms. The zero-order valence-corrected chi connectivity index (χ0v) is 16.6. The largest absolute Gasteiger partial charge is 0.497 e. The van der Waals surface area contributed by atoms with Crippen LogP contribution in [-0.4, -0.2) is 29.5 Å². The summed E-state index contributed by atoms with van der Waals surface area (Å²) < 4.78 is 25.5. The molecule has 0 radical (unpaired) electrons. The van der Waals surface area contributed by atoms with E-state index < -0.39 is 0 Å². The van der Waals surface area contributed by atoms with Crippen molar-refractivity contribution in [1.82, 2.24) is 9.38 Å². The number of ether oxygens (including phenoxy) is 2. The van der Waals surface area contributed by atoms with Crippen molar-refractivity contribution in [1.29, 1.82) is 0 Å². The number of anilines is 1.